The van der Waals surface area contributed by atoms with Gasteiger partial charge in [0, 0.05) is 5.56 Å². The molecule has 0 bridgehead atoms. The maximum atomic E-state index is 5.22. The van der Waals surface area contributed by atoms with Gasteiger partial charge in [-0.25, -0.2) is 0 Å². The lowest BCUT2D eigenvalue weighted by atomic mass is 10.2. The van der Waals surface area contributed by atoms with Crippen LogP contribution in [0.4, 0.5) is 0 Å². The first-order chi connectivity index (χ1) is 6.18. The molecule has 0 radical (unpaired) electrons. The van der Waals surface area contributed by atoms with Crippen LogP contribution >= 0.6 is 12.2 Å². The van der Waals surface area contributed by atoms with Crippen molar-refractivity contribution in [1.82, 2.24) is 5.43 Å². The second-order valence-electron chi connectivity index (χ2n) is 2.69. The minimum Gasteiger partial charge on any atom is -0.372 e. The van der Waals surface area contributed by atoms with E-state index in [0.29, 0.717) is 0 Å². The zero-order valence-corrected chi connectivity index (χ0v) is 8.19. The molecule has 0 aliphatic carbocycles. The summed E-state index contributed by atoms with van der Waals surface area (Å²) in [6.45, 7) is 2.05. The van der Waals surface area contributed by atoms with Crippen molar-refractivity contribution in [3.05, 3.63) is 35.4 Å². The summed E-state index contributed by atoms with van der Waals surface area (Å²) < 4.78 is 0. The van der Waals surface area contributed by atoms with Crippen LogP contribution in [0, 0.1) is 6.92 Å². The summed E-state index contributed by atoms with van der Waals surface area (Å²) >= 11 is 4.62. The molecular formula is C9H12N3S+. The minimum atomic E-state index is 0.225. The Kier molecular flexibility index (Phi) is 3.40. The van der Waals surface area contributed by atoms with Gasteiger partial charge in [-0.05, 0) is 31.3 Å². The third kappa shape index (κ3) is 3.66. The lowest BCUT2D eigenvalue weighted by molar-refractivity contribution is -0.499. The van der Waals surface area contributed by atoms with E-state index in [4.69, 9.17) is 5.73 Å². The topological polar surface area (TPSA) is 52.0 Å². The molecule has 13 heavy (non-hydrogen) atoms. The van der Waals surface area contributed by atoms with Gasteiger partial charge in [0.1, 0.15) is 0 Å². The molecule has 0 fully saturated rings. The van der Waals surface area contributed by atoms with Gasteiger partial charge in [0.2, 0.25) is 5.11 Å². The number of nitrogens with one attached hydrogen (secondary N) is 2. The molecule has 0 saturated heterocycles. The molecule has 4 heteroatoms. The Hall–Kier alpha value is -1.42. The zero-order valence-electron chi connectivity index (χ0n) is 7.37. The number of hydrogen-bond donors (Lipinski definition) is 3. The third-order valence-corrected chi connectivity index (χ3v) is 1.61. The van der Waals surface area contributed by atoms with Crippen LogP contribution in [-0.4, -0.2) is 11.3 Å². The fraction of sp³-hybridized carbons (Fsp3) is 0.111. The van der Waals surface area contributed by atoms with Crippen molar-refractivity contribution < 1.29 is 5.10 Å². The molecular weight excluding hydrogens is 182 g/mol. The molecule has 1 aromatic carbocycles. The second-order valence-corrected chi connectivity index (χ2v) is 3.13. The summed E-state index contributed by atoms with van der Waals surface area (Å²) in [7, 11) is 0. The second kappa shape index (κ2) is 4.57. The van der Waals surface area contributed by atoms with Crippen molar-refractivity contribution in [3.63, 3.8) is 0 Å². The van der Waals surface area contributed by atoms with E-state index in [2.05, 4.69) is 22.7 Å². The van der Waals surface area contributed by atoms with Crippen LogP contribution in [0.25, 0.3) is 0 Å². The first-order valence-corrected chi connectivity index (χ1v) is 4.30. The Balaban J connectivity index is 2.59. The number of hydrogen-bond acceptors (Lipinski definition) is 1. The fourth-order valence-corrected chi connectivity index (χ4v) is 0.912. The first-order valence-electron chi connectivity index (χ1n) is 3.89. The van der Waals surface area contributed by atoms with Gasteiger partial charge in [-0.2, -0.15) is 0 Å². The van der Waals surface area contributed by atoms with Crippen molar-refractivity contribution in [2.24, 2.45) is 5.73 Å². The number of hydrazine groups is 1. The van der Waals surface area contributed by atoms with E-state index in [1.165, 1.54) is 5.56 Å². The molecule has 0 aliphatic heterocycles. The molecule has 0 spiro atoms. The van der Waals surface area contributed by atoms with E-state index in [1.807, 2.05) is 31.2 Å². The maximum Gasteiger partial charge on any atom is 0.221 e. The molecule has 0 amide bonds. The van der Waals surface area contributed by atoms with E-state index in [9.17, 15) is 0 Å². The van der Waals surface area contributed by atoms with Crippen LogP contribution in [0.1, 0.15) is 11.1 Å². The summed E-state index contributed by atoms with van der Waals surface area (Å²) in [5.74, 6) is 0. The molecule has 4 N–H and O–H groups in total. The number of aryl methyl sites for hydroxylation is 1. The standard InChI is InChI=1S/C9H11N3S/c1-7-2-4-8(5-3-7)6-11-12-9(10)13/h2-6H,1H3,(H3,10,12,13)/p+1. The van der Waals surface area contributed by atoms with Crippen molar-refractivity contribution in [2.45, 2.75) is 6.92 Å². The summed E-state index contributed by atoms with van der Waals surface area (Å²) in [5.41, 5.74) is 10.1. The number of thiocarbonyl (C=S) groups is 1. The van der Waals surface area contributed by atoms with Crippen molar-refractivity contribution in [2.75, 3.05) is 0 Å². The predicted molar refractivity (Wildman–Crippen MR) is 57.2 cm³/mol. The van der Waals surface area contributed by atoms with Crippen LogP contribution in [-0.2, 0) is 0 Å². The average molecular weight is 194 g/mol. The van der Waals surface area contributed by atoms with Gasteiger partial charge >= 0.3 is 0 Å². The van der Waals surface area contributed by atoms with Crippen LogP contribution in [0.15, 0.2) is 24.3 Å². The van der Waals surface area contributed by atoms with Crippen LogP contribution in [0.5, 0.6) is 0 Å². The average Bonchev–Trinajstić information content (AvgIpc) is 2.08. The number of benzene rings is 1. The highest BCUT2D eigenvalue weighted by atomic mass is 32.1. The monoisotopic (exact) mass is 194 g/mol. The molecule has 0 heterocycles. The predicted octanol–water partition coefficient (Wildman–Crippen LogP) is -0.757. The van der Waals surface area contributed by atoms with E-state index in [0.717, 1.165) is 5.56 Å². The van der Waals surface area contributed by atoms with Gasteiger partial charge in [-0.3, -0.25) is 0 Å². The van der Waals surface area contributed by atoms with Crippen molar-refractivity contribution in [1.29, 1.82) is 0 Å². The van der Waals surface area contributed by atoms with Crippen LogP contribution in [0.3, 0.4) is 0 Å². The highest BCUT2D eigenvalue weighted by Gasteiger charge is 1.90. The molecule has 0 unspecified atom stereocenters. The van der Waals surface area contributed by atoms with Crippen LogP contribution < -0.4 is 16.3 Å². The third-order valence-electron chi connectivity index (χ3n) is 1.51. The molecule has 1 aromatic rings. The number of nitrogens with two attached hydrogens (primary N) is 1. The Morgan fingerprint density at radius 1 is 1.46 bits per heavy atom. The van der Waals surface area contributed by atoms with Gasteiger partial charge in [0.15, 0.2) is 6.21 Å². The normalized spacial score (nSPS) is 10.2. The minimum absolute atomic E-state index is 0.225. The summed E-state index contributed by atoms with van der Waals surface area (Å²) in [5, 5.41) is 3.00. The van der Waals surface area contributed by atoms with Gasteiger partial charge in [0.05, 0.1) is 0 Å². The van der Waals surface area contributed by atoms with Gasteiger partial charge in [-0.15, -0.1) is 10.5 Å². The van der Waals surface area contributed by atoms with Crippen molar-refractivity contribution >= 4 is 23.5 Å². The van der Waals surface area contributed by atoms with Gasteiger partial charge in [-0.1, -0.05) is 17.7 Å². The van der Waals surface area contributed by atoms with Gasteiger partial charge < -0.3 is 5.73 Å². The maximum absolute atomic E-state index is 5.22. The molecule has 68 valence electrons. The Morgan fingerprint density at radius 2 is 2.08 bits per heavy atom. The smallest absolute Gasteiger partial charge is 0.221 e. The lowest BCUT2D eigenvalue weighted by Crippen LogP contribution is -2.82. The fourth-order valence-electron chi connectivity index (χ4n) is 0.853. The molecule has 3 nitrogen and oxygen atoms in total. The Morgan fingerprint density at radius 3 is 2.62 bits per heavy atom. The molecule has 0 saturated carbocycles. The van der Waals surface area contributed by atoms with E-state index >= 15 is 0 Å². The van der Waals surface area contributed by atoms with E-state index in [1.54, 1.807) is 6.21 Å². The van der Waals surface area contributed by atoms with E-state index in [-0.39, 0.29) is 5.11 Å². The molecule has 0 aliphatic rings. The SMILES string of the molecule is Cc1ccc(C=[NH+]NC(N)=S)cc1. The van der Waals surface area contributed by atoms with E-state index < -0.39 is 0 Å². The quantitative estimate of drug-likeness (QED) is 0.330. The number of rotatable bonds is 2. The van der Waals surface area contributed by atoms with Crippen molar-refractivity contribution in [3.8, 4) is 0 Å². The Labute approximate surface area is 82.6 Å². The zero-order chi connectivity index (χ0) is 9.68. The largest absolute Gasteiger partial charge is 0.372 e. The summed E-state index contributed by atoms with van der Waals surface area (Å²) in [6.07, 6.45) is 1.79. The Bertz CT molecular complexity index is 316. The molecule has 1 rings (SSSR count). The number of hydrazone groups is 1. The summed E-state index contributed by atoms with van der Waals surface area (Å²) in [6, 6.07) is 8.08. The molecule has 0 aromatic heterocycles. The highest BCUT2D eigenvalue weighted by Crippen LogP contribution is 1.98. The first kappa shape index (κ1) is 9.67. The van der Waals surface area contributed by atoms with Gasteiger partial charge in [0.25, 0.3) is 0 Å². The summed E-state index contributed by atoms with van der Waals surface area (Å²) in [4.78, 5) is 0. The lowest BCUT2D eigenvalue weighted by Gasteiger charge is -1.91. The van der Waals surface area contributed by atoms with Crippen LogP contribution in [0.2, 0.25) is 0 Å². The molecule has 0 atom stereocenters. The highest BCUT2D eigenvalue weighted by molar-refractivity contribution is 7.80.